The maximum absolute atomic E-state index is 4.80. The molecule has 0 unspecified atom stereocenters. The number of hydrogen-bond donors (Lipinski definition) is 0. The van der Waals surface area contributed by atoms with Crippen molar-refractivity contribution in [3.8, 4) is 0 Å². The van der Waals surface area contributed by atoms with Crippen LogP contribution < -0.4 is 0 Å². The van der Waals surface area contributed by atoms with Crippen LogP contribution in [0, 0.1) is 0 Å². The number of hydrogen-bond acceptors (Lipinski definition) is 4. The molecule has 3 rings (SSSR count). The van der Waals surface area contributed by atoms with E-state index in [-0.39, 0.29) is 0 Å². The lowest BCUT2D eigenvalue weighted by atomic mass is 10.3. The summed E-state index contributed by atoms with van der Waals surface area (Å²) >= 11 is 0. The van der Waals surface area contributed by atoms with Crippen molar-refractivity contribution >= 4 is 11.8 Å². The van der Waals surface area contributed by atoms with E-state index in [9.17, 15) is 0 Å². The molecular weight excluding hydrogens is 212 g/mol. The minimum atomic E-state index is 0.929. The molecule has 0 saturated carbocycles. The molecule has 0 spiro atoms. The van der Waals surface area contributed by atoms with Crippen LogP contribution in [-0.2, 0) is 0 Å². The smallest absolute Gasteiger partial charge is 0.226 e. The van der Waals surface area contributed by atoms with E-state index in [0.717, 1.165) is 25.5 Å². The first-order valence-corrected chi connectivity index (χ1v) is 6.74. The van der Waals surface area contributed by atoms with Crippen molar-refractivity contribution in [3.05, 3.63) is 12.3 Å². The Balaban J connectivity index is 1.79. The molecule has 0 bridgehead atoms. The first kappa shape index (κ1) is 10.8. The molecule has 3 aliphatic heterocycles. The van der Waals surface area contributed by atoms with Crippen LogP contribution in [0.2, 0.25) is 0 Å². The lowest BCUT2D eigenvalue weighted by molar-refractivity contribution is 0.498. The predicted octanol–water partition coefficient (Wildman–Crippen LogP) is 1.85. The first-order chi connectivity index (χ1) is 8.43. The number of rotatable bonds is 0. The van der Waals surface area contributed by atoms with E-state index in [2.05, 4.69) is 20.9 Å². The molecule has 17 heavy (non-hydrogen) atoms. The van der Waals surface area contributed by atoms with Gasteiger partial charge >= 0.3 is 0 Å². The summed E-state index contributed by atoms with van der Waals surface area (Å²) in [6.07, 6.45) is 10.1. The third-order valence-corrected chi connectivity index (χ3v) is 3.68. The van der Waals surface area contributed by atoms with Gasteiger partial charge in [-0.3, -0.25) is 0 Å². The lowest BCUT2D eigenvalue weighted by Crippen LogP contribution is -2.32. The minimum absolute atomic E-state index is 0.929. The summed E-state index contributed by atoms with van der Waals surface area (Å²) in [4.78, 5) is 14.0. The van der Waals surface area contributed by atoms with Crippen molar-refractivity contribution in [2.45, 2.75) is 32.1 Å². The van der Waals surface area contributed by atoms with E-state index in [1.807, 2.05) is 6.20 Å². The monoisotopic (exact) mass is 232 g/mol. The summed E-state index contributed by atoms with van der Waals surface area (Å²) in [6, 6.07) is 0. The van der Waals surface area contributed by atoms with E-state index >= 15 is 0 Å². The number of nitrogens with zero attached hydrogens (tertiary/aromatic N) is 4. The summed E-state index contributed by atoms with van der Waals surface area (Å²) < 4.78 is 0. The van der Waals surface area contributed by atoms with Gasteiger partial charge in [0.15, 0.2) is 0 Å². The number of likely N-dealkylation sites (tertiary alicyclic amines) is 2. The van der Waals surface area contributed by atoms with Crippen molar-refractivity contribution in [2.75, 3.05) is 26.2 Å². The summed E-state index contributed by atoms with van der Waals surface area (Å²) in [5.74, 6) is 2.14. The zero-order valence-electron chi connectivity index (χ0n) is 10.3. The van der Waals surface area contributed by atoms with Gasteiger partial charge in [-0.1, -0.05) is 6.08 Å². The maximum Gasteiger partial charge on any atom is 0.226 e. The highest BCUT2D eigenvalue weighted by Crippen LogP contribution is 2.15. The van der Waals surface area contributed by atoms with E-state index in [1.165, 1.54) is 44.6 Å². The van der Waals surface area contributed by atoms with Gasteiger partial charge in [0.25, 0.3) is 0 Å². The van der Waals surface area contributed by atoms with Gasteiger partial charge < -0.3 is 9.80 Å². The Morgan fingerprint density at radius 3 is 2.24 bits per heavy atom. The largest absolute Gasteiger partial charge is 0.360 e. The van der Waals surface area contributed by atoms with Crippen LogP contribution in [0.5, 0.6) is 0 Å². The maximum atomic E-state index is 4.80. The molecule has 0 aromatic heterocycles. The number of aliphatic imine (C=N–C) groups is 2. The van der Waals surface area contributed by atoms with Crippen LogP contribution >= 0.6 is 0 Å². The summed E-state index contributed by atoms with van der Waals surface area (Å²) in [5, 5.41) is 0. The van der Waals surface area contributed by atoms with Gasteiger partial charge in [-0.15, -0.1) is 0 Å². The molecular formula is C13H20N4. The molecule has 2 saturated heterocycles. The van der Waals surface area contributed by atoms with Crippen molar-refractivity contribution in [1.82, 2.24) is 9.80 Å². The molecule has 92 valence electrons. The summed E-state index contributed by atoms with van der Waals surface area (Å²) in [7, 11) is 0. The molecule has 0 N–H and O–H groups in total. The van der Waals surface area contributed by atoms with E-state index in [4.69, 9.17) is 4.99 Å². The van der Waals surface area contributed by atoms with Gasteiger partial charge in [-0.25, -0.2) is 4.99 Å². The van der Waals surface area contributed by atoms with Crippen molar-refractivity contribution in [1.29, 1.82) is 0 Å². The molecule has 0 amide bonds. The van der Waals surface area contributed by atoms with Crippen LogP contribution in [0.25, 0.3) is 0 Å². The normalized spacial score (nSPS) is 24.9. The van der Waals surface area contributed by atoms with Crippen molar-refractivity contribution < 1.29 is 0 Å². The van der Waals surface area contributed by atoms with Gasteiger partial charge in [0.2, 0.25) is 5.96 Å². The predicted molar refractivity (Wildman–Crippen MR) is 70.2 cm³/mol. The summed E-state index contributed by atoms with van der Waals surface area (Å²) in [6.45, 7) is 4.56. The topological polar surface area (TPSA) is 31.2 Å². The molecule has 0 aromatic carbocycles. The van der Waals surface area contributed by atoms with Crippen molar-refractivity contribution in [3.63, 3.8) is 0 Å². The average Bonchev–Trinajstić information content (AvgIpc) is 2.99. The Bertz CT molecular complexity index is 358. The van der Waals surface area contributed by atoms with Crippen molar-refractivity contribution in [2.24, 2.45) is 9.98 Å². The van der Waals surface area contributed by atoms with Gasteiger partial charge in [0.1, 0.15) is 5.84 Å². The second kappa shape index (κ2) is 4.90. The fourth-order valence-electron chi connectivity index (χ4n) is 2.71. The second-order valence-electron chi connectivity index (χ2n) is 4.93. The Hall–Kier alpha value is -1.32. The second-order valence-corrected chi connectivity index (χ2v) is 4.93. The zero-order chi connectivity index (χ0) is 11.5. The molecule has 3 aliphatic rings. The Morgan fingerprint density at radius 2 is 1.53 bits per heavy atom. The van der Waals surface area contributed by atoms with E-state index in [0.29, 0.717) is 0 Å². The van der Waals surface area contributed by atoms with Gasteiger partial charge in [-0.05, 0) is 25.7 Å². The molecule has 0 atom stereocenters. The third-order valence-electron chi connectivity index (χ3n) is 3.68. The van der Waals surface area contributed by atoms with Crippen LogP contribution in [0.4, 0.5) is 0 Å². The van der Waals surface area contributed by atoms with Crippen LogP contribution in [0.15, 0.2) is 22.3 Å². The zero-order valence-corrected chi connectivity index (χ0v) is 10.3. The highest BCUT2D eigenvalue weighted by atomic mass is 15.3. The minimum Gasteiger partial charge on any atom is -0.360 e. The molecule has 0 aromatic rings. The molecule has 4 nitrogen and oxygen atoms in total. The Labute approximate surface area is 103 Å². The average molecular weight is 232 g/mol. The third kappa shape index (κ3) is 2.35. The van der Waals surface area contributed by atoms with E-state index < -0.39 is 0 Å². The Kier molecular flexibility index (Phi) is 3.12. The van der Waals surface area contributed by atoms with Crippen LogP contribution in [0.3, 0.4) is 0 Å². The molecule has 2 fully saturated rings. The lowest BCUT2D eigenvalue weighted by Gasteiger charge is -2.21. The van der Waals surface area contributed by atoms with E-state index in [1.54, 1.807) is 0 Å². The standard InChI is InChI=1S/C13H20N4/c1-2-9-16(8-1)12-6-5-7-14-13(15-12)17-10-3-4-11-17/h5,7H,1-4,6,8-11H2. The quantitative estimate of drug-likeness (QED) is 0.638. The van der Waals surface area contributed by atoms with Crippen LogP contribution in [-0.4, -0.2) is 47.8 Å². The SMILES string of the molecule is C1=CN=C(N2CCCC2)N=C(N2CCCC2)C1. The highest BCUT2D eigenvalue weighted by molar-refractivity contribution is 5.97. The molecule has 0 radical (unpaired) electrons. The highest BCUT2D eigenvalue weighted by Gasteiger charge is 2.20. The first-order valence-electron chi connectivity index (χ1n) is 6.74. The Morgan fingerprint density at radius 1 is 0.882 bits per heavy atom. The van der Waals surface area contributed by atoms with Gasteiger partial charge in [0.05, 0.1) is 0 Å². The fraction of sp³-hybridized carbons (Fsp3) is 0.692. The fourth-order valence-corrected chi connectivity index (χ4v) is 2.71. The summed E-state index contributed by atoms with van der Waals surface area (Å²) in [5.41, 5.74) is 0. The van der Waals surface area contributed by atoms with Gasteiger partial charge in [0, 0.05) is 38.8 Å². The molecule has 4 heteroatoms. The molecule has 3 heterocycles. The molecule has 0 aliphatic carbocycles. The van der Waals surface area contributed by atoms with Crippen LogP contribution in [0.1, 0.15) is 32.1 Å². The number of guanidine groups is 1. The number of amidine groups is 1. The van der Waals surface area contributed by atoms with Gasteiger partial charge in [-0.2, -0.15) is 4.99 Å².